The Kier molecular flexibility index (Phi) is 9.16. The van der Waals surface area contributed by atoms with E-state index in [9.17, 15) is 4.79 Å². The molecule has 11 heteroatoms. The Morgan fingerprint density at radius 1 is 1.12 bits per heavy atom. The first kappa shape index (κ1) is 30.2. The highest BCUT2D eigenvalue weighted by atomic mass is 35.5. The van der Waals surface area contributed by atoms with Gasteiger partial charge in [0.1, 0.15) is 19.0 Å². The number of carbonyl (C=O) groups is 1. The second-order valence-corrected chi connectivity index (χ2v) is 13.1. The molecular weight excluding hydrogens is 607 g/mol. The molecule has 1 aliphatic carbocycles. The Morgan fingerprint density at radius 2 is 1.88 bits per heavy atom. The van der Waals surface area contributed by atoms with Gasteiger partial charge in [-0.2, -0.15) is 0 Å². The van der Waals surface area contributed by atoms with Crippen LogP contribution in [0.5, 0.6) is 16.7 Å². The highest BCUT2D eigenvalue weighted by Crippen LogP contribution is 2.40. The number of amides is 1. The molecule has 3 heterocycles. The molecule has 6 rings (SSSR count). The van der Waals surface area contributed by atoms with Crippen LogP contribution in [0.2, 0.25) is 10.0 Å². The molecular formula is C32H36Cl2N4O4S. The number of benzene rings is 2. The third-order valence-electron chi connectivity index (χ3n) is 8.22. The minimum absolute atomic E-state index is 0.0634. The van der Waals surface area contributed by atoms with Crippen molar-refractivity contribution in [1.29, 1.82) is 0 Å². The lowest BCUT2D eigenvalue weighted by atomic mass is 9.86. The van der Waals surface area contributed by atoms with Crippen molar-refractivity contribution in [2.75, 3.05) is 33.4 Å². The number of nitrogens with one attached hydrogen (secondary N) is 2. The quantitative estimate of drug-likeness (QED) is 0.255. The number of fused-ring (bicyclic) bond motifs is 2. The minimum Gasteiger partial charge on any atom is -0.496 e. The number of halogens is 2. The number of thiazole rings is 1. The van der Waals surface area contributed by atoms with Crippen molar-refractivity contribution in [3.63, 3.8) is 0 Å². The van der Waals surface area contributed by atoms with Gasteiger partial charge in [0.05, 0.1) is 28.1 Å². The van der Waals surface area contributed by atoms with E-state index in [0.29, 0.717) is 34.1 Å². The maximum Gasteiger partial charge on any atom is 0.273 e. The maximum absolute atomic E-state index is 14.4. The number of rotatable bonds is 11. The molecule has 228 valence electrons. The number of carbonyl (C=O) groups excluding carboxylic acids is 1. The van der Waals surface area contributed by atoms with Gasteiger partial charge >= 0.3 is 0 Å². The van der Waals surface area contributed by atoms with Gasteiger partial charge < -0.3 is 29.7 Å². The molecule has 3 aromatic rings. The fourth-order valence-corrected chi connectivity index (χ4v) is 7.47. The van der Waals surface area contributed by atoms with Crippen LogP contribution < -0.4 is 24.8 Å². The smallest absolute Gasteiger partial charge is 0.273 e. The molecule has 1 aromatic heterocycles. The molecule has 2 fully saturated rings. The number of hydrogen-bond acceptors (Lipinski definition) is 8. The van der Waals surface area contributed by atoms with Crippen LogP contribution in [-0.4, -0.2) is 67.3 Å². The third kappa shape index (κ3) is 6.66. The summed E-state index contributed by atoms with van der Waals surface area (Å²) >= 11 is 14.1. The second-order valence-electron chi connectivity index (χ2n) is 11.3. The molecule has 1 amide bonds. The van der Waals surface area contributed by atoms with Gasteiger partial charge in [-0.15, -0.1) is 0 Å². The van der Waals surface area contributed by atoms with Crippen LogP contribution in [0.4, 0.5) is 0 Å². The van der Waals surface area contributed by atoms with Crippen LogP contribution in [0.15, 0.2) is 42.1 Å². The molecule has 2 bridgehead atoms. The number of aromatic nitrogens is 1. The van der Waals surface area contributed by atoms with Crippen LogP contribution in [0.25, 0.3) is 5.57 Å². The summed E-state index contributed by atoms with van der Waals surface area (Å²) in [5, 5.41) is 8.68. The van der Waals surface area contributed by atoms with Crippen LogP contribution in [0, 0.1) is 13.8 Å². The van der Waals surface area contributed by atoms with E-state index in [1.165, 1.54) is 11.3 Å². The van der Waals surface area contributed by atoms with Crippen molar-refractivity contribution >= 4 is 46.0 Å². The second kappa shape index (κ2) is 13.0. The van der Waals surface area contributed by atoms with E-state index in [2.05, 4.69) is 33.5 Å². The number of aryl methyl sites for hydroxylation is 1. The summed E-state index contributed by atoms with van der Waals surface area (Å²) in [5.74, 6) is 1.38. The normalized spacial score (nSPS) is 19.7. The van der Waals surface area contributed by atoms with Crippen LogP contribution in [-0.2, 0) is 11.3 Å². The third-order valence-corrected chi connectivity index (χ3v) is 9.75. The number of piperazine rings is 1. The van der Waals surface area contributed by atoms with Gasteiger partial charge in [0.25, 0.3) is 11.1 Å². The zero-order valence-corrected chi connectivity index (χ0v) is 26.9. The Balaban J connectivity index is 1.21. The lowest BCUT2D eigenvalue weighted by molar-refractivity contribution is -0.128. The summed E-state index contributed by atoms with van der Waals surface area (Å²) in [5.41, 5.74) is 5.04. The van der Waals surface area contributed by atoms with E-state index in [0.717, 1.165) is 64.3 Å². The highest BCUT2D eigenvalue weighted by molar-refractivity contribution is 7.14. The summed E-state index contributed by atoms with van der Waals surface area (Å²) in [4.78, 5) is 22.0. The molecule has 2 N–H and O–H groups in total. The number of hydrogen-bond donors (Lipinski definition) is 2. The van der Waals surface area contributed by atoms with Crippen molar-refractivity contribution in [3.05, 3.63) is 73.7 Å². The van der Waals surface area contributed by atoms with Crippen LogP contribution in [0.1, 0.15) is 40.8 Å². The zero-order chi connectivity index (χ0) is 30.1. The summed E-state index contributed by atoms with van der Waals surface area (Å²) in [6.07, 6.45) is 4.63. The molecule has 8 nitrogen and oxygen atoms in total. The molecule has 1 saturated carbocycles. The SMILES string of the molecule is COc1cccc(CN(C(=O)C2=C(c3cnc(OCCOc4c(Cl)cc(C)cc4Cl)s3)C[C@@H]3CNC[C@H]2N3)C2CC2)c1C. The fraction of sp³-hybridized carbons (Fsp3) is 0.438. The van der Waals surface area contributed by atoms with Gasteiger partial charge in [0, 0.05) is 43.5 Å². The van der Waals surface area contributed by atoms with Crippen molar-refractivity contribution in [2.45, 2.75) is 57.8 Å². The number of ether oxygens (including phenoxy) is 3. The van der Waals surface area contributed by atoms with Crippen molar-refractivity contribution in [3.8, 4) is 16.7 Å². The molecule has 2 atom stereocenters. The van der Waals surface area contributed by atoms with E-state index in [4.69, 9.17) is 37.4 Å². The summed E-state index contributed by atoms with van der Waals surface area (Å²) in [6, 6.07) is 10.1. The van der Waals surface area contributed by atoms with Gasteiger partial charge in [-0.25, -0.2) is 4.98 Å². The maximum atomic E-state index is 14.4. The predicted octanol–water partition coefficient (Wildman–Crippen LogP) is 5.81. The molecule has 43 heavy (non-hydrogen) atoms. The molecule has 2 aromatic carbocycles. The van der Waals surface area contributed by atoms with Gasteiger partial charge in [-0.3, -0.25) is 4.79 Å². The Bertz CT molecular complexity index is 1520. The predicted molar refractivity (Wildman–Crippen MR) is 171 cm³/mol. The monoisotopic (exact) mass is 642 g/mol. The Morgan fingerprint density at radius 3 is 2.63 bits per heavy atom. The Hall–Kier alpha value is -2.82. The largest absolute Gasteiger partial charge is 0.496 e. The molecule has 0 unspecified atom stereocenters. The van der Waals surface area contributed by atoms with Gasteiger partial charge in [0.15, 0.2) is 5.75 Å². The zero-order valence-electron chi connectivity index (χ0n) is 24.5. The van der Waals surface area contributed by atoms with Gasteiger partial charge in [-0.1, -0.05) is 46.7 Å². The van der Waals surface area contributed by atoms with E-state index >= 15 is 0 Å². The average Bonchev–Trinajstić information content (AvgIpc) is 3.72. The average molecular weight is 644 g/mol. The van der Waals surface area contributed by atoms with E-state index in [-0.39, 0.29) is 37.2 Å². The topological polar surface area (TPSA) is 85.0 Å². The summed E-state index contributed by atoms with van der Waals surface area (Å²) < 4.78 is 17.3. The summed E-state index contributed by atoms with van der Waals surface area (Å²) in [6.45, 7) is 6.66. The number of nitrogens with zero attached hydrogens (tertiary/aromatic N) is 2. The molecule has 1 saturated heterocycles. The lowest BCUT2D eigenvalue weighted by Gasteiger charge is -2.40. The molecule has 0 radical (unpaired) electrons. The van der Waals surface area contributed by atoms with E-state index in [1.54, 1.807) is 7.11 Å². The Labute approximate surface area is 266 Å². The standard InChI is InChI=1S/C32H36Cl2N4O4S/c1-18-11-24(33)30(25(34)12-18)41-9-10-42-32-36-16-28(43-32)23-13-21-14-35-15-26(37-21)29(23)31(39)38(22-7-8-22)17-20-5-4-6-27(40-3)19(20)2/h4-6,11-12,16,21-22,26,35,37H,7-10,13-15,17H2,1-3H3/t21-,26-/m1/s1. The van der Waals surface area contributed by atoms with E-state index < -0.39 is 0 Å². The highest BCUT2D eigenvalue weighted by Gasteiger charge is 2.41. The van der Waals surface area contributed by atoms with Crippen LogP contribution >= 0.6 is 34.5 Å². The fourth-order valence-electron chi connectivity index (χ4n) is 5.90. The molecule has 0 spiro atoms. The first-order chi connectivity index (χ1) is 20.8. The van der Waals surface area contributed by atoms with Crippen LogP contribution in [0.3, 0.4) is 0 Å². The lowest BCUT2D eigenvalue weighted by Crippen LogP contribution is -2.59. The molecule has 2 aliphatic heterocycles. The first-order valence-corrected chi connectivity index (χ1v) is 16.2. The minimum atomic E-state index is -0.0634. The first-order valence-electron chi connectivity index (χ1n) is 14.6. The van der Waals surface area contributed by atoms with Crippen molar-refractivity contribution < 1.29 is 19.0 Å². The van der Waals surface area contributed by atoms with Crippen molar-refractivity contribution in [2.24, 2.45) is 0 Å². The van der Waals surface area contributed by atoms with Gasteiger partial charge in [-0.05, 0) is 73.6 Å². The summed E-state index contributed by atoms with van der Waals surface area (Å²) in [7, 11) is 1.68. The number of methoxy groups -OCH3 is 1. The van der Waals surface area contributed by atoms with E-state index in [1.807, 2.05) is 37.4 Å². The van der Waals surface area contributed by atoms with Gasteiger partial charge in [0.2, 0.25) is 0 Å². The molecule has 3 aliphatic rings. The van der Waals surface area contributed by atoms with Crippen molar-refractivity contribution in [1.82, 2.24) is 20.5 Å².